The lowest BCUT2D eigenvalue weighted by Gasteiger charge is -2.08. The largest absolute Gasteiger partial charge is 0.457 e. The Balaban J connectivity index is 2.35. The number of halogens is 2. The lowest BCUT2D eigenvalue weighted by Crippen LogP contribution is -1.90. The Hall–Kier alpha value is -1.32. The number of ether oxygens (including phenoxy) is 1. The van der Waals surface area contributed by atoms with Crippen LogP contribution in [0.2, 0.25) is 5.02 Å². The molecule has 86 valence electrons. The van der Waals surface area contributed by atoms with Gasteiger partial charge in [-0.2, -0.15) is 0 Å². The minimum absolute atomic E-state index is 0.494. The molecular formula is C13H8BrClO2. The van der Waals surface area contributed by atoms with Crippen LogP contribution in [0.15, 0.2) is 46.9 Å². The van der Waals surface area contributed by atoms with Crippen molar-refractivity contribution in [3.63, 3.8) is 0 Å². The molecule has 0 saturated heterocycles. The molecule has 0 N–H and O–H groups in total. The zero-order valence-electron chi connectivity index (χ0n) is 8.69. The van der Waals surface area contributed by atoms with Crippen LogP contribution in [0, 0.1) is 0 Å². The third kappa shape index (κ3) is 3.08. The Kier molecular flexibility index (Phi) is 3.82. The van der Waals surface area contributed by atoms with Crippen molar-refractivity contribution in [1.29, 1.82) is 0 Å². The quantitative estimate of drug-likeness (QED) is 0.768. The Morgan fingerprint density at radius 2 is 2.00 bits per heavy atom. The molecule has 0 amide bonds. The zero-order valence-corrected chi connectivity index (χ0v) is 11.0. The lowest BCUT2D eigenvalue weighted by molar-refractivity contribution is 0.112. The van der Waals surface area contributed by atoms with E-state index in [1.807, 2.05) is 0 Å². The molecule has 0 aliphatic heterocycles. The van der Waals surface area contributed by atoms with Crippen molar-refractivity contribution >= 4 is 33.8 Å². The fraction of sp³-hybridized carbons (Fsp3) is 0. The summed E-state index contributed by atoms with van der Waals surface area (Å²) in [5.41, 5.74) is 0.494. The molecule has 0 spiro atoms. The number of carbonyl (C=O) groups excluding carboxylic acids is 1. The molecule has 2 nitrogen and oxygen atoms in total. The van der Waals surface area contributed by atoms with E-state index in [-0.39, 0.29) is 0 Å². The van der Waals surface area contributed by atoms with E-state index in [2.05, 4.69) is 15.9 Å². The first-order chi connectivity index (χ1) is 8.19. The van der Waals surface area contributed by atoms with Crippen LogP contribution in [0.5, 0.6) is 11.5 Å². The minimum atomic E-state index is 0.494. The van der Waals surface area contributed by atoms with Crippen LogP contribution in [0.3, 0.4) is 0 Å². The molecule has 0 radical (unpaired) electrons. The molecule has 0 aromatic heterocycles. The first kappa shape index (κ1) is 12.1. The highest BCUT2D eigenvalue weighted by Crippen LogP contribution is 2.28. The van der Waals surface area contributed by atoms with Gasteiger partial charge >= 0.3 is 0 Å². The maximum absolute atomic E-state index is 10.9. The van der Waals surface area contributed by atoms with Crippen LogP contribution in [0.1, 0.15) is 10.4 Å². The summed E-state index contributed by atoms with van der Waals surface area (Å²) in [5, 5.41) is 0.588. The molecule has 2 rings (SSSR count). The summed E-state index contributed by atoms with van der Waals surface area (Å²) in [6.07, 6.45) is 0.756. The lowest BCUT2D eigenvalue weighted by atomic mass is 10.2. The highest BCUT2D eigenvalue weighted by Gasteiger charge is 2.05. The van der Waals surface area contributed by atoms with Gasteiger partial charge in [-0.1, -0.05) is 33.6 Å². The Morgan fingerprint density at radius 1 is 1.18 bits per heavy atom. The molecule has 4 heteroatoms. The summed E-state index contributed by atoms with van der Waals surface area (Å²) < 4.78 is 6.46. The number of hydrogen-bond donors (Lipinski definition) is 0. The van der Waals surface area contributed by atoms with Crippen molar-refractivity contribution in [2.75, 3.05) is 0 Å². The molecule has 0 aliphatic rings. The predicted octanol–water partition coefficient (Wildman–Crippen LogP) is 4.71. The first-order valence-electron chi connectivity index (χ1n) is 4.87. The summed E-state index contributed by atoms with van der Waals surface area (Å²) >= 11 is 9.19. The predicted molar refractivity (Wildman–Crippen MR) is 71.1 cm³/mol. The van der Waals surface area contributed by atoms with Crippen molar-refractivity contribution in [3.8, 4) is 11.5 Å². The second-order valence-corrected chi connectivity index (χ2v) is 4.71. The van der Waals surface area contributed by atoms with Crippen molar-refractivity contribution in [2.45, 2.75) is 0 Å². The van der Waals surface area contributed by atoms with E-state index >= 15 is 0 Å². The van der Waals surface area contributed by atoms with Gasteiger partial charge < -0.3 is 4.74 Å². The highest BCUT2D eigenvalue weighted by molar-refractivity contribution is 9.10. The highest BCUT2D eigenvalue weighted by atomic mass is 79.9. The molecule has 0 unspecified atom stereocenters. The van der Waals surface area contributed by atoms with E-state index in [9.17, 15) is 4.79 Å². The van der Waals surface area contributed by atoms with Gasteiger partial charge in [0.05, 0.1) is 5.56 Å². The van der Waals surface area contributed by atoms with E-state index in [0.29, 0.717) is 22.1 Å². The number of carbonyl (C=O) groups is 1. The third-order valence-corrected chi connectivity index (χ3v) is 2.85. The van der Waals surface area contributed by atoms with Gasteiger partial charge in [-0.05, 0) is 36.4 Å². The molecule has 2 aromatic rings. The molecule has 0 aliphatic carbocycles. The van der Waals surface area contributed by atoms with Gasteiger partial charge in [0.1, 0.15) is 11.5 Å². The van der Waals surface area contributed by atoms with Gasteiger partial charge in [0.25, 0.3) is 0 Å². The maximum Gasteiger partial charge on any atom is 0.153 e. The molecule has 0 heterocycles. The molecule has 2 aromatic carbocycles. The van der Waals surface area contributed by atoms with Crippen LogP contribution < -0.4 is 4.74 Å². The van der Waals surface area contributed by atoms with Crippen molar-refractivity contribution in [1.82, 2.24) is 0 Å². The van der Waals surface area contributed by atoms with E-state index in [0.717, 1.165) is 10.8 Å². The number of hydrogen-bond acceptors (Lipinski definition) is 2. The monoisotopic (exact) mass is 310 g/mol. The van der Waals surface area contributed by atoms with Crippen molar-refractivity contribution < 1.29 is 9.53 Å². The molecule has 17 heavy (non-hydrogen) atoms. The van der Waals surface area contributed by atoms with Gasteiger partial charge in [-0.15, -0.1) is 0 Å². The molecule has 0 saturated carbocycles. The number of aldehydes is 1. The Morgan fingerprint density at radius 3 is 2.71 bits per heavy atom. The van der Waals surface area contributed by atoms with Crippen LogP contribution in [0.4, 0.5) is 0 Å². The standard InChI is InChI=1S/C13H8BrClO2/c14-10-5-4-9(8-16)13(6-10)17-12-3-1-2-11(15)7-12/h1-8H. The molecular weight excluding hydrogens is 303 g/mol. The Bertz CT molecular complexity index is 555. The van der Waals surface area contributed by atoms with E-state index in [4.69, 9.17) is 16.3 Å². The average molecular weight is 312 g/mol. The second-order valence-electron chi connectivity index (χ2n) is 3.36. The van der Waals surface area contributed by atoms with E-state index in [1.54, 1.807) is 42.5 Å². The first-order valence-corrected chi connectivity index (χ1v) is 6.04. The van der Waals surface area contributed by atoms with Crippen LogP contribution in [-0.4, -0.2) is 6.29 Å². The summed E-state index contributed by atoms with van der Waals surface area (Å²) in [4.78, 5) is 10.9. The summed E-state index contributed by atoms with van der Waals surface area (Å²) in [5.74, 6) is 1.09. The van der Waals surface area contributed by atoms with Gasteiger partial charge in [-0.25, -0.2) is 0 Å². The van der Waals surface area contributed by atoms with Crippen molar-refractivity contribution in [2.24, 2.45) is 0 Å². The maximum atomic E-state index is 10.9. The summed E-state index contributed by atoms with van der Waals surface area (Å²) in [6.45, 7) is 0. The van der Waals surface area contributed by atoms with Crippen LogP contribution >= 0.6 is 27.5 Å². The number of benzene rings is 2. The summed E-state index contributed by atoms with van der Waals surface area (Å²) in [6, 6.07) is 12.2. The van der Waals surface area contributed by atoms with Gasteiger partial charge in [-0.3, -0.25) is 4.79 Å². The topological polar surface area (TPSA) is 26.3 Å². The number of rotatable bonds is 3. The van der Waals surface area contributed by atoms with Crippen LogP contribution in [0.25, 0.3) is 0 Å². The second kappa shape index (κ2) is 5.34. The SMILES string of the molecule is O=Cc1ccc(Br)cc1Oc1cccc(Cl)c1. The smallest absolute Gasteiger partial charge is 0.153 e. The normalized spacial score (nSPS) is 10.0. The molecule has 0 fully saturated rings. The summed E-state index contributed by atoms with van der Waals surface area (Å²) in [7, 11) is 0. The average Bonchev–Trinajstić information content (AvgIpc) is 2.29. The fourth-order valence-corrected chi connectivity index (χ4v) is 1.87. The third-order valence-electron chi connectivity index (χ3n) is 2.13. The minimum Gasteiger partial charge on any atom is -0.457 e. The fourth-order valence-electron chi connectivity index (χ4n) is 1.35. The van der Waals surface area contributed by atoms with Gasteiger partial charge in [0.15, 0.2) is 6.29 Å². The van der Waals surface area contributed by atoms with Crippen molar-refractivity contribution in [3.05, 3.63) is 57.5 Å². The molecule has 0 atom stereocenters. The van der Waals surface area contributed by atoms with E-state index < -0.39 is 0 Å². The van der Waals surface area contributed by atoms with Gasteiger partial charge in [0, 0.05) is 9.50 Å². The van der Waals surface area contributed by atoms with Crippen LogP contribution in [-0.2, 0) is 0 Å². The zero-order chi connectivity index (χ0) is 12.3. The van der Waals surface area contributed by atoms with Gasteiger partial charge in [0.2, 0.25) is 0 Å². The van der Waals surface area contributed by atoms with E-state index in [1.165, 1.54) is 0 Å². The molecule has 0 bridgehead atoms. The Labute approximate surface area is 112 Å².